The average molecular weight is 355 g/mol. The highest BCUT2D eigenvalue weighted by Gasteiger charge is 2.20. The van der Waals surface area contributed by atoms with Crippen LogP contribution in [0.5, 0.6) is 0 Å². The van der Waals surface area contributed by atoms with E-state index in [-0.39, 0.29) is 6.61 Å². The van der Waals surface area contributed by atoms with E-state index >= 15 is 0 Å². The summed E-state index contributed by atoms with van der Waals surface area (Å²) in [6.45, 7) is 3.98. The number of hydrogen-bond acceptors (Lipinski definition) is 2. The van der Waals surface area contributed by atoms with Crippen molar-refractivity contribution in [2.45, 2.75) is 110 Å². The van der Waals surface area contributed by atoms with Crippen molar-refractivity contribution in [3.63, 3.8) is 0 Å². The van der Waals surface area contributed by atoms with E-state index in [9.17, 15) is 15.0 Å². The summed E-state index contributed by atoms with van der Waals surface area (Å²) in [4.78, 5) is 11.2. The van der Waals surface area contributed by atoms with Gasteiger partial charge < -0.3 is 10.2 Å². The first-order valence-corrected chi connectivity index (χ1v) is 10.7. The Labute approximate surface area is 155 Å². The fourth-order valence-electron chi connectivity index (χ4n) is 3.38. The third kappa shape index (κ3) is 14.1. The molecule has 0 fully saturated rings. The standard InChI is InChI=1S/C22H42O3/c1-3-5-6-7-8-9-10-11-12-13-14-15-16-18-20(17-4-2)21(19-23)22(24)25/h17,21,23H,3-16,18-19H2,1-2H3,(H,24,25). The molecule has 3 nitrogen and oxygen atoms in total. The van der Waals surface area contributed by atoms with Crippen LogP contribution in [0, 0.1) is 5.92 Å². The largest absolute Gasteiger partial charge is 0.481 e. The Hall–Kier alpha value is -0.830. The van der Waals surface area contributed by atoms with Crippen molar-refractivity contribution in [2.75, 3.05) is 6.61 Å². The summed E-state index contributed by atoms with van der Waals surface area (Å²) >= 11 is 0. The lowest BCUT2D eigenvalue weighted by molar-refractivity contribution is -0.141. The topological polar surface area (TPSA) is 57.5 Å². The number of carbonyl (C=O) groups is 1. The van der Waals surface area contributed by atoms with Crippen LogP contribution in [0.15, 0.2) is 11.6 Å². The van der Waals surface area contributed by atoms with Crippen LogP contribution < -0.4 is 0 Å². The van der Waals surface area contributed by atoms with Crippen molar-refractivity contribution in [3.8, 4) is 0 Å². The number of hydrogen-bond donors (Lipinski definition) is 2. The number of rotatable bonds is 18. The third-order valence-corrected chi connectivity index (χ3v) is 4.96. The second kappa shape index (κ2) is 18.0. The highest BCUT2D eigenvalue weighted by Crippen LogP contribution is 2.20. The Kier molecular flexibility index (Phi) is 17.4. The fourth-order valence-corrected chi connectivity index (χ4v) is 3.38. The number of unbranched alkanes of at least 4 members (excludes halogenated alkanes) is 12. The van der Waals surface area contributed by atoms with Crippen LogP contribution >= 0.6 is 0 Å². The maximum Gasteiger partial charge on any atom is 0.312 e. The number of allylic oxidation sites excluding steroid dienone is 1. The van der Waals surface area contributed by atoms with Crippen LogP contribution in [0.25, 0.3) is 0 Å². The van der Waals surface area contributed by atoms with Gasteiger partial charge in [-0.1, -0.05) is 103 Å². The van der Waals surface area contributed by atoms with E-state index in [2.05, 4.69) is 6.92 Å². The molecule has 0 aromatic carbocycles. The van der Waals surface area contributed by atoms with Gasteiger partial charge in [0.15, 0.2) is 0 Å². The number of aliphatic carboxylic acids is 1. The van der Waals surface area contributed by atoms with E-state index in [0.29, 0.717) is 0 Å². The van der Waals surface area contributed by atoms with Crippen LogP contribution in [0.2, 0.25) is 0 Å². The minimum absolute atomic E-state index is 0.292. The summed E-state index contributed by atoms with van der Waals surface area (Å²) in [5.41, 5.74) is 0.903. The predicted molar refractivity (Wildman–Crippen MR) is 107 cm³/mol. The molecule has 0 aliphatic rings. The maximum atomic E-state index is 11.2. The van der Waals surface area contributed by atoms with Crippen molar-refractivity contribution < 1.29 is 15.0 Å². The van der Waals surface area contributed by atoms with Gasteiger partial charge in [-0.15, -0.1) is 0 Å². The molecule has 1 atom stereocenters. The van der Waals surface area contributed by atoms with E-state index in [4.69, 9.17) is 0 Å². The number of carboxylic acids is 1. The van der Waals surface area contributed by atoms with Crippen LogP contribution in [0.3, 0.4) is 0 Å². The Morgan fingerprint density at radius 2 is 1.24 bits per heavy atom. The second-order valence-electron chi connectivity index (χ2n) is 7.25. The maximum absolute atomic E-state index is 11.2. The van der Waals surface area contributed by atoms with Crippen LogP contribution in [-0.4, -0.2) is 22.8 Å². The van der Waals surface area contributed by atoms with Gasteiger partial charge in [-0.25, -0.2) is 0 Å². The summed E-state index contributed by atoms with van der Waals surface area (Å²) in [6, 6.07) is 0. The molecule has 0 rings (SSSR count). The molecule has 0 saturated heterocycles. The molecular weight excluding hydrogens is 312 g/mol. The minimum atomic E-state index is -0.906. The molecule has 0 aliphatic heterocycles. The number of aliphatic hydroxyl groups is 1. The van der Waals surface area contributed by atoms with Crippen LogP contribution in [0.4, 0.5) is 0 Å². The van der Waals surface area contributed by atoms with Crippen molar-refractivity contribution in [1.29, 1.82) is 0 Å². The molecule has 0 aromatic heterocycles. The monoisotopic (exact) mass is 354 g/mol. The Bertz CT molecular complexity index is 336. The van der Waals surface area contributed by atoms with E-state index in [1.807, 2.05) is 13.0 Å². The lowest BCUT2D eigenvalue weighted by Gasteiger charge is -2.14. The number of aliphatic hydroxyl groups excluding tert-OH is 1. The Morgan fingerprint density at radius 1 is 0.800 bits per heavy atom. The molecule has 3 heteroatoms. The SMILES string of the molecule is CCC=C(CCCCCCCCCCCCCCC)C(CO)C(=O)O. The predicted octanol–water partition coefficient (Wildman–Crippen LogP) is 6.50. The molecule has 0 aromatic rings. The molecule has 0 saturated carbocycles. The van der Waals surface area contributed by atoms with Crippen LogP contribution in [-0.2, 0) is 4.79 Å². The molecule has 0 bridgehead atoms. The zero-order valence-corrected chi connectivity index (χ0v) is 16.8. The first kappa shape index (κ1) is 24.2. The Balaban J connectivity index is 3.58. The first-order chi connectivity index (χ1) is 12.2. The molecule has 0 amide bonds. The zero-order valence-electron chi connectivity index (χ0n) is 16.8. The molecule has 0 radical (unpaired) electrons. The molecule has 0 aliphatic carbocycles. The van der Waals surface area contributed by atoms with Gasteiger partial charge in [0.05, 0.1) is 6.61 Å². The molecule has 2 N–H and O–H groups in total. The normalized spacial score (nSPS) is 13.2. The molecule has 25 heavy (non-hydrogen) atoms. The van der Waals surface area contributed by atoms with E-state index in [0.717, 1.165) is 31.3 Å². The van der Waals surface area contributed by atoms with Gasteiger partial charge in [-0.05, 0) is 19.3 Å². The summed E-state index contributed by atoms with van der Waals surface area (Å²) in [5, 5.41) is 18.4. The third-order valence-electron chi connectivity index (χ3n) is 4.96. The highest BCUT2D eigenvalue weighted by molar-refractivity contribution is 5.73. The molecular formula is C22H42O3. The van der Waals surface area contributed by atoms with Crippen molar-refractivity contribution in [2.24, 2.45) is 5.92 Å². The van der Waals surface area contributed by atoms with Gasteiger partial charge in [0.25, 0.3) is 0 Å². The van der Waals surface area contributed by atoms with Gasteiger partial charge in [0.1, 0.15) is 5.92 Å². The average Bonchev–Trinajstić information content (AvgIpc) is 2.59. The zero-order chi connectivity index (χ0) is 18.8. The van der Waals surface area contributed by atoms with E-state index < -0.39 is 11.9 Å². The van der Waals surface area contributed by atoms with E-state index in [1.54, 1.807) is 0 Å². The summed E-state index contributed by atoms with van der Waals surface area (Å²) in [7, 11) is 0. The van der Waals surface area contributed by atoms with Gasteiger partial charge in [0.2, 0.25) is 0 Å². The van der Waals surface area contributed by atoms with Crippen molar-refractivity contribution in [1.82, 2.24) is 0 Å². The van der Waals surface area contributed by atoms with Gasteiger partial charge in [-0.2, -0.15) is 0 Å². The van der Waals surface area contributed by atoms with Gasteiger partial charge in [0, 0.05) is 0 Å². The first-order valence-electron chi connectivity index (χ1n) is 10.7. The molecule has 148 valence electrons. The molecule has 1 unspecified atom stereocenters. The minimum Gasteiger partial charge on any atom is -0.481 e. The quantitative estimate of drug-likeness (QED) is 0.218. The Morgan fingerprint density at radius 3 is 1.60 bits per heavy atom. The summed E-state index contributed by atoms with van der Waals surface area (Å²) in [5.74, 6) is -1.62. The summed E-state index contributed by atoms with van der Waals surface area (Å²) in [6.07, 6.45) is 20.8. The molecule has 0 heterocycles. The molecule has 0 spiro atoms. The fraction of sp³-hybridized carbons (Fsp3) is 0.864. The van der Waals surface area contributed by atoms with Gasteiger partial charge in [-0.3, -0.25) is 4.79 Å². The van der Waals surface area contributed by atoms with Crippen LogP contribution in [0.1, 0.15) is 110 Å². The highest BCUT2D eigenvalue weighted by atomic mass is 16.4. The summed E-state index contributed by atoms with van der Waals surface area (Å²) < 4.78 is 0. The van der Waals surface area contributed by atoms with Crippen molar-refractivity contribution in [3.05, 3.63) is 11.6 Å². The van der Waals surface area contributed by atoms with Gasteiger partial charge >= 0.3 is 5.97 Å². The number of carboxylic acid groups (broad SMARTS) is 1. The second-order valence-corrected chi connectivity index (χ2v) is 7.25. The van der Waals surface area contributed by atoms with Crippen molar-refractivity contribution >= 4 is 5.97 Å². The smallest absolute Gasteiger partial charge is 0.312 e. The lowest BCUT2D eigenvalue weighted by atomic mass is 9.93. The van der Waals surface area contributed by atoms with E-state index in [1.165, 1.54) is 70.6 Å². The lowest BCUT2D eigenvalue weighted by Crippen LogP contribution is -2.20.